The lowest BCUT2D eigenvalue weighted by molar-refractivity contribution is 0.407. The quantitative estimate of drug-likeness (QED) is 0.819. The summed E-state index contributed by atoms with van der Waals surface area (Å²) in [6.45, 7) is 6.15. The molecule has 0 spiro atoms. The number of hydrogen-bond acceptors (Lipinski definition) is 3. The predicted octanol–water partition coefficient (Wildman–Crippen LogP) is 3.01. The summed E-state index contributed by atoms with van der Waals surface area (Å²) in [5.41, 5.74) is 5.82. The summed E-state index contributed by atoms with van der Waals surface area (Å²) in [5, 5.41) is 0.284. The van der Waals surface area contributed by atoms with Crippen LogP contribution in [-0.2, 0) is 10.0 Å². The maximum atomic E-state index is 12.1. The molecule has 4 nitrogen and oxygen atoms in total. The highest BCUT2D eigenvalue weighted by molar-refractivity contribution is 9.10. The molecule has 3 N–H and O–H groups in total. The van der Waals surface area contributed by atoms with Crippen LogP contribution in [-0.4, -0.2) is 15.0 Å². The molecule has 0 saturated carbocycles. The number of sulfonamides is 1. The van der Waals surface area contributed by atoms with Crippen molar-refractivity contribution in [3.05, 3.63) is 21.6 Å². The van der Waals surface area contributed by atoms with Crippen LogP contribution < -0.4 is 10.5 Å². The summed E-state index contributed by atoms with van der Waals surface area (Å²) in [7, 11) is -3.63. The third-order valence-corrected chi connectivity index (χ3v) is 4.91. The summed E-state index contributed by atoms with van der Waals surface area (Å²) < 4.78 is 27.2. The Morgan fingerprint density at radius 2 is 1.94 bits per heavy atom. The van der Waals surface area contributed by atoms with E-state index in [4.69, 9.17) is 17.3 Å². The standard InChI is InChI=1S/C11H16BrClN2O2S/c1-11(2,3)6-15-18(16,17)9-5-7(13)4-8(14)10(9)12/h4-5,15H,6,14H2,1-3H3. The third kappa shape index (κ3) is 4.12. The van der Waals surface area contributed by atoms with Gasteiger partial charge in [-0.1, -0.05) is 32.4 Å². The number of hydrogen-bond donors (Lipinski definition) is 2. The normalized spacial score (nSPS) is 12.7. The summed E-state index contributed by atoms with van der Waals surface area (Å²) in [6, 6.07) is 2.86. The van der Waals surface area contributed by atoms with Gasteiger partial charge in [0.05, 0.1) is 9.37 Å². The number of nitrogens with one attached hydrogen (secondary N) is 1. The molecule has 0 aliphatic heterocycles. The van der Waals surface area contributed by atoms with E-state index >= 15 is 0 Å². The minimum atomic E-state index is -3.63. The van der Waals surface area contributed by atoms with Crippen LogP contribution in [0, 0.1) is 5.41 Å². The van der Waals surface area contributed by atoms with E-state index in [9.17, 15) is 8.42 Å². The molecule has 0 atom stereocenters. The Labute approximate surface area is 121 Å². The fraction of sp³-hybridized carbons (Fsp3) is 0.455. The fourth-order valence-corrected chi connectivity index (χ4v) is 3.74. The summed E-state index contributed by atoms with van der Waals surface area (Å²) in [4.78, 5) is 0.0525. The zero-order chi connectivity index (χ0) is 14.1. The highest BCUT2D eigenvalue weighted by atomic mass is 79.9. The van der Waals surface area contributed by atoms with E-state index in [1.54, 1.807) is 0 Å². The van der Waals surface area contributed by atoms with Gasteiger partial charge in [0.25, 0.3) is 0 Å². The van der Waals surface area contributed by atoms with Gasteiger partial charge in [0.15, 0.2) is 0 Å². The van der Waals surface area contributed by atoms with Gasteiger partial charge in [0, 0.05) is 17.3 Å². The largest absolute Gasteiger partial charge is 0.398 e. The minimum Gasteiger partial charge on any atom is -0.398 e. The Morgan fingerprint density at radius 3 is 2.44 bits per heavy atom. The number of rotatable bonds is 3. The number of nitrogens with two attached hydrogens (primary N) is 1. The Kier molecular flexibility index (Phi) is 4.70. The topological polar surface area (TPSA) is 72.2 Å². The fourth-order valence-electron chi connectivity index (χ4n) is 1.17. The molecule has 102 valence electrons. The van der Waals surface area contributed by atoms with Gasteiger partial charge in [-0.2, -0.15) is 0 Å². The molecule has 0 fully saturated rings. The maximum absolute atomic E-state index is 12.1. The van der Waals surface area contributed by atoms with Crippen LogP contribution in [0.3, 0.4) is 0 Å². The number of halogens is 2. The second-order valence-corrected chi connectivity index (χ2v) is 8.16. The van der Waals surface area contributed by atoms with Gasteiger partial charge in [0.2, 0.25) is 10.0 Å². The first-order valence-corrected chi connectivity index (χ1v) is 7.92. The molecule has 0 aliphatic carbocycles. The van der Waals surface area contributed by atoms with Crippen molar-refractivity contribution in [1.29, 1.82) is 0 Å². The minimum absolute atomic E-state index is 0.0525. The van der Waals surface area contributed by atoms with Crippen LogP contribution in [0.4, 0.5) is 5.69 Å². The SMILES string of the molecule is CC(C)(C)CNS(=O)(=O)c1cc(Cl)cc(N)c1Br. The molecule has 0 unspecified atom stereocenters. The molecule has 1 aromatic carbocycles. The van der Waals surface area contributed by atoms with Gasteiger partial charge < -0.3 is 5.73 Å². The van der Waals surface area contributed by atoms with Crippen molar-refractivity contribution in [3.63, 3.8) is 0 Å². The molecule has 1 aromatic rings. The van der Waals surface area contributed by atoms with Crippen LogP contribution in [0.15, 0.2) is 21.5 Å². The maximum Gasteiger partial charge on any atom is 0.241 e. The summed E-state index contributed by atoms with van der Waals surface area (Å²) >= 11 is 8.99. The Morgan fingerprint density at radius 1 is 1.39 bits per heavy atom. The Balaban J connectivity index is 3.13. The monoisotopic (exact) mass is 354 g/mol. The number of benzene rings is 1. The van der Waals surface area contributed by atoms with E-state index < -0.39 is 10.0 Å². The highest BCUT2D eigenvalue weighted by Crippen LogP contribution is 2.31. The first kappa shape index (κ1) is 15.8. The smallest absolute Gasteiger partial charge is 0.241 e. The lowest BCUT2D eigenvalue weighted by atomic mass is 9.98. The molecular weight excluding hydrogens is 340 g/mol. The van der Waals surface area contributed by atoms with E-state index in [0.29, 0.717) is 16.7 Å². The lowest BCUT2D eigenvalue weighted by Crippen LogP contribution is -2.32. The molecule has 7 heteroatoms. The van der Waals surface area contributed by atoms with Gasteiger partial charge in [-0.25, -0.2) is 13.1 Å². The molecule has 18 heavy (non-hydrogen) atoms. The summed E-state index contributed by atoms with van der Waals surface area (Å²) in [5.74, 6) is 0. The molecule has 0 amide bonds. The average Bonchev–Trinajstić information content (AvgIpc) is 2.19. The molecule has 0 aromatic heterocycles. The van der Waals surface area contributed by atoms with E-state index in [2.05, 4.69) is 20.7 Å². The average molecular weight is 356 g/mol. The van der Waals surface area contributed by atoms with Crippen molar-refractivity contribution in [1.82, 2.24) is 4.72 Å². The second-order valence-electron chi connectivity index (χ2n) is 5.19. The van der Waals surface area contributed by atoms with Crippen molar-refractivity contribution < 1.29 is 8.42 Å². The van der Waals surface area contributed by atoms with Crippen LogP contribution in [0.25, 0.3) is 0 Å². The molecule has 0 radical (unpaired) electrons. The second kappa shape index (κ2) is 5.36. The van der Waals surface area contributed by atoms with E-state index in [1.165, 1.54) is 12.1 Å². The van der Waals surface area contributed by atoms with Gasteiger partial charge in [-0.3, -0.25) is 0 Å². The first-order valence-electron chi connectivity index (χ1n) is 5.27. The molecule has 0 heterocycles. The summed E-state index contributed by atoms with van der Waals surface area (Å²) in [6.07, 6.45) is 0. The zero-order valence-electron chi connectivity index (χ0n) is 10.4. The molecule has 0 aliphatic rings. The van der Waals surface area contributed by atoms with Gasteiger partial charge in [-0.05, 0) is 33.5 Å². The van der Waals surface area contributed by atoms with Crippen LogP contribution in [0.1, 0.15) is 20.8 Å². The Hall–Kier alpha value is -0.300. The van der Waals surface area contributed by atoms with E-state index in [1.807, 2.05) is 20.8 Å². The van der Waals surface area contributed by atoms with Gasteiger partial charge >= 0.3 is 0 Å². The van der Waals surface area contributed by atoms with Crippen LogP contribution in [0.2, 0.25) is 5.02 Å². The highest BCUT2D eigenvalue weighted by Gasteiger charge is 2.22. The number of nitrogen functional groups attached to an aromatic ring is 1. The van der Waals surface area contributed by atoms with E-state index in [-0.39, 0.29) is 15.3 Å². The van der Waals surface area contributed by atoms with Crippen LogP contribution in [0.5, 0.6) is 0 Å². The molecule has 0 saturated heterocycles. The first-order chi connectivity index (χ1) is 8.03. The van der Waals surface area contributed by atoms with E-state index in [0.717, 1.165) is 0 Å². The van der Waals surface area contributed by atoms with Crippen molar-refractivity contribution in [2.75, 3.05) is 12.3 Å². The molecule has 1 rings (SSSR count). The zero-order valence-corrected chi connectivity index (χ0v) is 13.6. The van der Waals surface area contributed by atoms with Crippen molar-refractivity contribution in [2.45, 2.75) is 25.7 Å². The van der Waals surface area contributed by atoms with Crippen LogP contribution >= 0.6 is 27.5 Å². The number of anilines is 1. The van der Waals surface area contributed by atoms with Gasteiger partial charge in [0.1, 0.15) is 0 Å². The lowest BCUT2D eigenvalue weighted by Gasteiger charge is -2.19. The van der Waals surface area contributed by atoms with Crippen molar-refractivity contribution >= 4 is 43.2 Å². The predicted molar refractivity (Wildman–Crippen MR) is 78.2 cm³/mol. The molecular formula is C11H16BrClN2O2S. The van der Waals surface area contributed by atoms with Gasteiger partial charge in [-0.15, -0.1) is 0 Å². The van der Waals surface area contributed by atoms with Crippen molar-refractivity contribution in [2.24, 2.45) is 5.41 Å². The Bertz CT molecular complexity index is 553. The third-order valence-electron chi connectivity index (χ3n) is 2.11. The van der Waals surface area contributed by atoms with Crippen molar-refractivity contribution in [3.8, 4) is 0 Å². The molecule has 0 bridgehead atoms.